The Morgan fingerprint density at radius 1 is 1.24 bits per heavy atom. The van der Waals surface area contributed by atoms with Gasteiger partial charge in [0, 0.05) is 20.5 Å². The second-order valence-corrected chi connectivity index (χ2v) is 5.51. The fraction of sp³-hybridized carbons (Fsp3) is 0. The summed E-state index contributed by atoms with van der Waals surface area (Å²) in [5.41, 5.74) is 0.148. The maximum Gasteiger partial charge on any atom is 0.489 e. The Morgan fingerprint density at radius 3 is 2.57 bits per heavy atom. The first-order valence-corrected chi connectivity index (χ1v) is 6.97. The smallest absolute Gasteiger partial charge is 0.423 e. The number of carbonyl (C=O) groups excluding carboxylic acids is 1. The van der Waals surface area contributed by atoms with Crippen molar-refractivity contribution in [2.75, 3.05) is 5.32 Å². The first kappa shape index (κ1) is 16.0. The summed E-state index contributed by atoms with van der Waals surface area (Å²) in [4.78, 5) is 12.0. The van der Waals surface area contributed by atoms with Gasteiger partial charge in [0.05, 0.1) is 5.69 Å². The number of carbonyl (C=O) groups is 1. The van der Waals surface area contributed by atoms with E-state index in [1.54, 1.807) is 6.07 Å². The quantitative estimate of drug-likeness (QED) is 0.724. The second-order valence-electron chi connectivity index (χ2n) is 4.19. The monoisotopic (exact) mass is 371 g/mol. The van der Waals surface area contributed by atoms with Crippen molar-refractivity contribution in [3.8, 4) is 0 Å². The third kappa shape index (κ3) is 3.82. The van der Waals surface area contributed by atoms with Crippen molar-refractivity contribution in [1.29, 1.82) is 0 Å². The van der Waals surface area contributed by atoms with Crippen molar-refractivity contribution < 1.29 is 19.2 Å². The number of nitrogens with one attached hydrogen (secondary N) is 1. The highest BCUT2D eigenvalue weighted by atomic mass is 79.9. The van der Waals surface area contributed by atoms with E-state index >= 15 is 0 Å². The molecule has 0 bridgehead atoms. The van der Waals surface area contributed by atoms with Crippen LogP contribution in [0.5, 0.6) is 0 Å². The Balaban J connectivity index is 2.26. The minimum absolute atomic E-state index is 0.000551. The molecular weight excluding hydrogens is 363 g/mol. The lowest BCUT2D eigenvalue weighted by atomic mass is 9.79. The van der Waals surface area contributed by atoms with Crippen LogP contribution in [-0.4, -0.2) is 23.1 Å². The fourth-order valence-electron chi connectivity index (χ4n) is 1.67. The maximum atomic E-state index is 13.7. The van der Waals surface area contributed by atoms with Gasteiger partial charge in [-0.15, -0.1) is 0 Å². The lowest BCUT2D eigenvalue weighted by Crippen LogP contribution is -2.32. The number of benzene rings is 2. The van der Waals surface area contributed by atoms with Crippen LogP contribution in [0.15, 0.2) is 40.9 Å². The molecule has 8 heteroatoms. The van der Waals surface area contributed by atoms with Crippen molar-refractivity contribution in [2.24, 2.45) is 0 Å². The molecule has 0 atom stereocenters. The topological polar surface area (TPSA) is 69.6 Å². The highest BCUT2D eigenvalue weighted by molar-refractivity contribution is 9.10. The van der Waals surface area contributed by atoms with Crippen LogP contribution in [0.25, 0.3) is 0 Å². The average Bonchev–Trinajstić information content (AvgIpc) is 2.42. The lowest BCUT2D eigenvalue weighted by Gasteiger charge is -2.09. The van der Waals surface area contributed by atoms with Crippen LogP contribution in [0.3, 0.4) is 0 Å². The van der Waals surface area contributed by atoms with Gasteiger partial charge >= 0.3 is 7.12 Å². The molecule has 0 radical (unpaired) electrons. The van der Waals surface area contributed by atoms with Gasteiger partial charge in [0.25, 0.3) is 5.91 Å². The van der Waals surface area contributed by atoms with Gasteiger partial charge < -0.3 is 15.4 Å². The molecule has 21 heavy (non-hydrogen) atoms. The van der Waals surface area contributed by atoms with Crippen LogP contribution in [0.4, 0.5) is 10.1 Å². The summed E-state index contributed by atoms with van der Waals surface area (Å²) in [6, 6.07) is 8.22. The van der Waals surface area contributed by atoms with Gasteiger partial charge in [-0.1, -0.05) is 27.5 Å². The summed E-state index contributed by atoms with van der Waals surface area (Å²) in [6.07, 6.45) is 0. The molecule has 0 spiro atoms. The van der Waals surface area contributed by atoms with Crippen molar-refractivity contribution in [3.63, 3.8) is 0 Å². The number of hydrogen-bond donors (Lipinski definition) is 3. The number of anilines is 1. The van der Waals surface area contributed by atoms with E-state index in [1.165, 1.54) is 30.3 Å². The number of rotatable bonds is 3. The van der Waals surface area contributed by atoms with Gasteiger partial charge in [-0.25, -0.2) is 4.39 Å². The van der Waals surface area contributed by atoms with Gasteiger partial charge in [0.1, 0.15) is 5.82 Å². The third-order valence-electron chi connectivity index (χ3n) is 2.72. The van der Waals surface area contributed by atoms with Crippen molar-refractivity contribution in [2.45, 2.75) is 0 Å². The standard InChI is InChI=1S/C13H9BBrClFNO3/c15-8-2-4-12(11(17)6-8)18-13(19)7-1-3-10(16)9(5-7)14(20)21/h1-6,20-21H,(H,18,19). The molecule has 2 aromatic rings. The molecule has 0 aliphatic heterocycles. The largest absolute Gasteiger partial charge is 0.489 e. The number of hydrogen-bond acceptors (Lipinski definition) is 3. The van der Waals surface area contributed by atoms with Gasteiger partial charge in [-0.05, 0) is 36.4 Å². The van der Waals surface area contributed by atoms with E-state index in [-0.39, 0.29) is 21.7 Å². The van der Waals surface area contributed by atoms with Crippen molar-refractivity contribution in [3.05, 3.63) is 57.3 Å². The molecule has 0 saturated carbocycles. The molecule has 0 aliphatic carbocycles. The van der Waals surface area contributed by atoms with E-state index in [1.807, 2.05) is 0 Å². The van der Waals surface area contributed by atoms with Crippen LogP contribution >= 0.6 is 27.5 Å². The van der Waals surface area contributed by atoms with E-state index in [0.29, 0.717) is 4.47 Å². The van der Waals surface area contributed by atoms with E-state index in [4.69, 9.17) is 21.6 Å². The van der Waals surface area contributed by atoms with Gasteiger partial charge in [-0.2, -0.15) is 0 Å². The molecule has 0 fully saturated rings. The van der Waals surface area contributed by atoms with Crippen molar-refractivity contribution >= 4 is 51.7 Å². The predicted octanol–water partition coefficient (Wildman–Crippen LogP) is 2.17. The van der Waals surface area contributed by atoms with Crippen LogP contribution in [0.2, 0.25) is 5.02 Å². The van der Waals surface area contributed by atoms with E-state index in [9.17, 15) is 9.18 Å². The van der Waals surface area contributed by atoms with Crippen LogP contribution < -0.4 is 10.8 Å². The zero-order valence-corrected chi connectivity index (χ0v) is 12.8. The molecule has 0 aliphatic rings. The van der Waals surface area contributed by atoms with Crippen LogP contribution in [0, 0.1) is 5.82 Å². The minimum Gasteiger partial charge on any atom is -0.423 e. The molecule has 1 amide bonds. The van der Waals surface area contributed by atoms with Crippen molar-refractivity contribution in [1.82, 2.24) is 0 Å². The Bertz CT molecular complexity index is 699. The summed E-state index contributed by atoms with van der Waals surface area (Å²) < 4.78 is 14.2. The summed E-state index contributed by atoms with van der Waals surface area (Å²) in [7, 11) is -1.80. The zero-order chi connectivity index (χ0) is 15.6. The molecule has 108 valence electrons. The molecule has 0 saturated heterocycles. The molecule has 2 rings (SSSR count). The molecule has 0 heterocycles. The van der Waals surface area contributed by atoms with Gasteiger partial charge in [-0.3, -0.25) is 4.79 Å². The third-order valence-corrected chi connectivity index (χ3v) is 3.55. The zero-order valence-electron chi connectivity index (χ0n) is 10.5. The Kier molecular flexibility index (Phi) is 5.00. The number of halogens is 3. The average molecular weight is 372 g/mol. The predicted molar refractivity (Wildman–Crippen MR) is 83.3 cm³/mol. The molecule has 4 nitrogen and oxygen atoms in total. The Labute approximate surface area is 133 Å². The summed E-state index contributed by atoms with van der Waals surface area (Å²) in [5.74, 6) is -1.18. The Morgan fingerprint density at radius 2 is 1.95 bits per heavy atom. The summed E-state index contributed by atoms with van der Waals surface area (Å²) in [6.45, 7) is 0. The molecule has 3 N–H and O–H groups in total. The normalized spacial score (nSPS) is 10.3. The van der Waals surface area contributed by atoms with E-state index in [2.05, 4.69) is 21.2 Å². The number of amides is 1. The van der Waals surface area contributed by atoms with Crippen LogP contribution in [0.1, 0.15) is 10.4 Å². The maximum absolute atomic E-state index is 13.7. The van der Waals surface area contributed by atoms with Crippen LogP contribution in [-0.2, 0) is 0 Å². The fourth-order valence-corrected chi connectivity index (χ4v) is 2.22. The second kappa shape index (κ2) is 6.57. The van der Waals surface area contributed by atoms with E-state index in [0.717, 1.165) is 0 Å². The lowest BCUT2D eigenvalue weighted by molar-refractivity contribution is 0.102. The molecular formula is C13H9BBrClFNO3. The van der Waals surface area contributed by atoms with Gasteiger partial charge in [0.2, 0.25) is 0 Å². The Hall–Kier alpha value is -1.41. The SMILES string of the molecule is O=C(Nc1ccc(Br)cc1F)c1ccc(Cl)c(B(O)O)c1. The first-order valence-electron chi connectivity index (χ1n) is 5.80. The molecule has 2 aromatic carbocycles. The minimum atomic E-state index is -1.80. The molecule has 0 aromatic heterocycles. The summed E-state index contributed by atoms with van der Waals surface area (Å²) in [5, 5.41) is 20.8. The first-order chi connectivity index (χ1) is 9.88. The molecule has 0 unspecified atom stereocenters. The van der Waals surface area contributed by atoms with E-state index < -0.39 is 18.8 Å². The summed E-state index contributed by atoms with van der Waals surface area (Å²) >= 11 is 8.90. The highest BCUT2D eigenvalue weighted by Crippen LogP contribution is 2.20. The van der Waals surface area contributed by atoms with Gasteiger partial charge in [0.15, 0.2) is 0 Å². The highest BCUT2D eigenvalue weighted by Gasteiger charge is 2.18.